The normalized spacial score (nSPS) is 18.2. The summed E-state index contributed by atoms with van der Waals surface area (Å²) < 4.78 is 99.6. The molecule has 1 saturated heterocycles. The summed E-state index contributed by atoms with van der Waals surface area (Å²) in [6.07, 6.45) is -14.7. The van der Waals surface area contributed by atoms with E-state index >= 15 is 0 Å². The predicted molar refractivity (Wildman–Crippen MR) is 108 cm³/mol. The summed E-state index contributed by atoms with van der Waals surface area (Å²) in [7, 11) is 0. The van der Waals surface area contributed by atoms with E-state index in [1.54, 1.807) is 0 Å². The van der Waals surface area contributed by atoms with Crippen LogP contribution in [0.3, 0.4) is 0 Å². The Hall–Kier alpha value is -3.86. The van der Waals surface area contributed by atoms with Gasteiger partial charge in [-0.1, -0.05) is 0 Å². The number of hydrogen-bond acceptors (Lipinski definition) is 5. The van der Waals surface area contributed by atoms with Gasteiger partial charge in [-0.25, -0.2) is 4.39 Å². The van der Waals surface area contributed by atoms with Gasteiger partial charge in [0.15, 0.2) is 6.10 Å². The van der Waals surface area contributed by atoms with Gasteiger partial charge in [0, 0.05) is 18.3 Å². The highest BCUT2D eigenvalue weighted by atomic mass is 19.4. The number of ether oxygens (including phenoxy) is 1. The van der Waals surface area contributed by atoms with E-state index in [0.29, 0.717) is 17.0 Å². The lowest BCUT2D eigenvalue weighted by molar-refractivity contribution is -0.212. The highest BCUT2D eigenvalue weighted by Gasteiger charge is 2.52. The molecule has 0 saturated carbocycles. The van der Waals surface area contributed by atoms with Crippen LogP contribution in [0.15, 0.2) is 36.4 Å². The lowest BCUT2D eigenvalue weighted by Gasteiger charge is -2.27. The average Bonchev–Trinajstić information content (AvgIpc) is 3.20. The Bertz CT molecular complexity index is 1190. The Kier molecular flexibility index (Phi) is 6.93. The Morgan fingerprint density at radius 3 is 2.31 bits per heavy atom. The van der Waals surface area contributed by atoms with Crippen LogP contribution in [0.25, 0.3) is 0 Å². The molecule has 1 heterocycles. The van der Waals surface area contributed by atoms with Crippen molar-refractivity contribution in [1.29, 1.82) is 5.26 Å². The predicted octanol–water partition coefficient (Wildman–Crippen LogP) is 4.41. The number of nitriles is 1. The Labute approximate surface area is 193 Å². The van der Waals surface area contributed by atoms with E-state index in [0.717, 1.165) is 18.2 Å². The molecule has 0 radical (unpaired) electrons. The van der Waals surface area contributed by atoms with Gasteiger partial charge >= 0.3 is 12.4 Å². The minimum Gasteiger partial charge on any atom is -0.335 e. The fourth-order valence-electron chi connectivity index (χ4n) is 3.34. The molecule has 35 heavy (non-hydrogen) atoms. The second-order valence-electron chi connectivity index (χ2n) is 7.38. The molecule has 7 nitrogen and oxygen atoms in total. The van der Waals surface area contributed by atoms with Crippen LogP contribution in [0.5, 0.6) is 0 Å². The van der Waals surface area contributed by atoms with Crippen molar-refractivity contribution >= 4 is 28.9 Å². The molecule has 0 spiro atoms. The quantitative estimate of drug-likeness (QED) is 0.602. The van der Waals surface area contributed by atoms with Crippen molar-refractivity contribution in [3.8, 4) is 6.07 Å². The van der Waals surface area contributed by atoms with Crippen molar-refractivity contribution in [1.82, 2.24) is 0 Å². The number of halogens is 7. The van der Waals surface area contributed by atoms with Crippen LogP contribution >= 0.6 is 0 Å². The van der Waals surface area contributed by atoms with Crippen LogP contribution in [0, 0.1) is 17.1 Å². The van der Waals surface area contributed by atoms with E-state index in [1.807, 2.05) is 0 Å². The Morgan fingerprint density at radius 2 is 1.77 bits per heavy atom. The minimum atomic E-state index is -5.10. The largest absolute Gasteiger partial charge is 0.433 e. The number of nitrogens with one attached hydrogen (secondary N) is 2. The number of anilines is 3. The van der Waals surface area contributed by atoms with E-state index in [1.165, 1.54) is 19.1 Å². The van der Waals surface area contributed by atoms with Crippen LogP contribution in [-0.2, 0) is 20.5 Å². The second kappa shape index (κ2) is 9.41. The number of nitrogens with zero attached hydrogens (tertiary/aromatic N) is 2. The van der Waals surface area contributed by atoms with Crippen molar-refractivity contribution in [3.63, 3.8) is 0 Å². The summed E-state index contributed by atoms with van der Waals surface area (Å²) in [5, 5.41) is 13.2. The molecule has 0 aliphatic carbocycles. The van der Waals surface area contributed by atoms with E-state index in [2.05, 4.69) is 10.6 Å². The van der Waals surface area contributed by atoms with Crippen LogP contribution in [0.4, 0.5) is 47.8 Å². The van der Waals surface area contributed by atoms with Crippen molar-refractivity contribution in [2.24, 2.45) is 0 Å². The number of hydrogen-bond donors (Lipinski definition) is 2. The van der Waals surface area contributed by atoms with Gasteiger partial charge in [-0.15, -0.1) is 0 Å². The monoisotopic (exact) mass is 504 g/mol. The van der Waals surface area contributed by atoms with E-state index < -0.39 is 71.4 Å². The fraction of sp³-hybridized carbons (Fsp3) is 0.286. The van der Waals surface area contributed by atoms with Gasteiger partial charge in [0.25, 0.3) is 5.91 Å². The van der Waals surface area contributed by atoms with Gasteiger partial charge in [-0.2, -0.15) is 31.6 Å². The highest BCUT2D eigenvalue weighted by Crippen LogP contribution is 2.39. The van der Waals surface area contributed by atoms with Crippen LogP contribution in [0.1, 0.15) is 18.1 Å². The van der Waals surface area contributed by atoms with Crippen molar-refractivity contribution in [3.05, 3.63) is 53.3 Å². The standard InChI is InChI=1S/C21H15F7N4O3/c1-10(33)30-12-3-5-16(15(22)6-12)31-18(34)17-9-32(19(35-17)21(26,27)28)13-4-2-11(8-29)14(7-13)20(23,24)25/h2-7,17,19H,9H2,1H3,(H,30,33)(H,31,34). The number of alkyl halides is 6. The van der Waals surface area contributed by atoms with E-state index in [4.69, 9.17) is 10.00 Å². The Morgan fingerprint density at radius 1 is 1.09 bits per heavy atom. The number of rotatable bonds is 4. The first-order valence-corrected chi connectivity index (χ1v) is 9.69. The molecule has 186 valence electrons. The molecule has 14 heteroatoms. The van der Waals surface area contributed by atoms with Crippen LogP contribution in [-0.4, -0.2) is 36.9 Å². The maximum absolute atomic E-state index is 14.3. The third-order valence-corrected chi connectivity index (χ3v) is 4.82. The minimum absolute atomic E-state index is 0.0645. The Balaban J connectivity index is 1.87. The van der Waals surface area contributed by atoms with Gasteiger partial charge in [0.1, 0.15) is 5.82 Å². The molecular formula is C21H15F7N4O3. The van der Waals surface area contributed by atoms with Crippen molar-refractivity contribution in [2.75, 3.05) is 22.1 Å². The summed E-state index contributed by atoms with van der Waals surface area (Å²) in [6, 6.07) is 6.43. The van der Waals surface area contributed by atoms with Crippen molar-refractivity contribution in [2.45, 2.75) is 31.6 Å². The zero-order valence-electron chi connectivity index (χ0n) is 17.6. The number of carbonyl (C=O) groups excluding carboxylic acids is 2. The molecule has 0 bridgehead atoms. The lowest BCUT2D eigenvalue weighted by Crippen LogP contribution is -2.42. The third-order valence-electron chi connectivity index (χ3n) is 4.82. The molecule has 1 fully saturated rings. The summed E-state index contributed by atoms with van der Waals surface area (Å²) in [6.45, 7) is 0.365. The average molecular weight is 504 g/mol. The smallest absolute Gasteiger partial charge is 0.335 e. The first-order chi connectivity index (χ1) is 16.2. The molecule has 2 atom stereocenters. The van der Waals surface area contributed by atoms with Gasteiger partial charge < -0.3 is 20.3 Å². The highest BCUT2D eigenvalue weighted by molar-refractivity contribution is 5.95. The second-order valence-corrected chi connectivity index (χ2v) is 7.38. The molecule has 1 aliphatic heterocycles. The summed E-state index contributed by atoms with van der Waals surface area (Å²) in [4.78, 5) is 24.0. The summed E-state index contributed by atoms with van der Waals surface area (Å²) >= 11 is 0. The maximum atomic E-state index is 14.3. The van der Waals surface area contributed by atoms with E-state index in [-0.39, 0.29) is 5.69 Å². The van der Waals surface area contributed by atoms with Gasteiger partial charge in [-0.05, 0) is 36.4 Å². The topological polar surface area (TPSA) is 94.5 Å². The van der Waals surface area contributed by atoms with Gasteiger partial charge in [0.05, 0.1) is 29.4 Å². The molecule has 2 aromatic rings. The molecule has 1 aliphatic rings. The zero-order chi connectivity index (χ0) is 26.1. The van der Waals surface area contributed by atoms with Crippen LogP contribution in [0.2, 0.25) is 0 Å². The molecule has 2 amide bonds. The third kappa shape index (κ3) is 5.80. The maximum Gasteiger partial charge on any atom is 0.433 e. The first-order valence-electron chi connectivity index (χ1n) is 9.69. The first kappa shape index (κ1) is 25.8. The zero-order valence-corrected chi connectivity index (χ0v) is 17.6. The molecule has 2 unspecified atom stereocenters. The van der Waals surface area contributed by atoms with Crippen LogP contribution < -0.4 is 15.5 Å². The molecule has 2 aromatic carbocycles. The number of carbonyl (C=O) groups is 2. The SMILES string of the molecule is CC(=O)Nc1ccc(NC(=O)C2CN(c3ccc(C#N)c(C(F)(F)F)c3)C(C(F)(F)F)O2)c(F)c1. The molecular weight excluding hydrogens is 489 g/mol. The summed E-state index contributed by atoms with van der Waals surface area (Å²) in [5.74, 6) is -2.68. The molecule has 0 aromatic heterocycles. The molecule has 3 rings (SSSR count). The van der Waals surface area contributed by atoms with Gasteiger partial charge in [-0.3, -0.25) is 9.59 Å². The molecule has 2 N–H and O–H groups in total. The van der Waals surface area contributed by atoms with E-state index in [9.17, 15) is 40.3 Å². The lowest BCUT2D eigenvalue weighted by atomic mass is 10.1. The van der Waals surface area contributed by atoms with Gasteiger partial charge in [0.2, 0.25) is 12.1 Å². The number of amides is 2. The van der Waals surface area contributed by atoms with Crippen molar-refractivity contribution < 1.29 is 45.1 Å². The summed E-state index contributed by atoms with van der Waals surface area (Å²) in [5.41, 5.74) is -3.19. The fourth-order valence-corrected chi connectivity index (χ4v) is 3.34. The number of benzene rings is 2.